The maximum Gasteiger partial charge on any atom is 0.233 e. The summed E-state index contributed by atoms with van der Waals surface area (Å²) in [5.74, 6) is 1.36. The largest absolute Gasteiger partial charge is 0.437 e. The highest BCUT2D eigenvalue weighted by Crippen LogP contribution is 2.41. The standard InChI is InChI=1S/C49H29N5O/c1-2-14-34(15-3-1)53-41-19-8-6-16-35(41)37-23-22-33(28-43(37)53)47-51-48(46-38-24-21-32(40-18-10-11-25-50-40)29-45(38)55-49(46)52-47)54-42-20-9-7-17-36(42)39-26-30-12-4-5-13-31(30)27-44(39)54/h1-29H. The fourth-order valence-corrected chi connectivity index (χ4v) is 8.49. The molecule has 0 amide bonds. The van der Waals surface area contributed by atoms with Gasteiger partial charge in [-0.2, -0.15) is 4.98 Å². The highest BCUT2D eigenvalue weighted by atomic mass is 16.3. The molecule has 0 saturated carbocycles. The molecule has 0 aliphatic carbocycles. The van der Waals surface area contributed by atoms with Gasteiger partial charge in [-0.15, -0.1) is 0 Å². The van der Waals surface area contributed by atoms with E-state index in [2.05, 4.69) is 166 Å². The van der Waals surface area contributed by atoms with Crippen molar-refractivity contribution in [3.8, 4) is 34.2 Å². The van der Waals surface area contributed by atoms with Gasteiger partial charge in [0.25, 0.3) is 0 Å². The first-order chi connectivity index (χ1) is 27.3. The second-order valence-electron chi connectivity index (χ2n) is 14.1. The third-order valence-electron chi connectivity index (χ3n) is 11.0. The lowest BCUT2D eigenvalue weighted by molar-refractivity contribution is 0.653. The summed E-state index contributed by atoms with van der Waals surface area (Å²) in [6.07, 6.45) is 1.81. The molecule has 0 atom stereocenters. The Morgan fingerprint density at radius 2 is 1.09 bits per heavy atom. The van der Waals surface area contributed by atoms with E-state index in [1.54, 1.807) is 0 Å². The molecular weight excluding hydrogens is 675 g/mol. The molecule has 5 heterocycles. The molecule has 6 nitrogen and oxygen atoms in total. The lowest BCUT2D eigenvalue weighted by Crippen LogP contribution is -2.02. The van der Waals surface area contributed by atoms with Crippen molar-refractivity contribution in [1.29, 1.82) is 0 Å². The summed E-state index contributed by atoms with van der Waals surface area (Å²) in [6.45, 7) is 0. The zero-order valence-corrected chi connectivity index (χ0v) is 29.4. The van der Waals surface area contributed by atoms with Crippen molar-refractivity contribution in [2.75, 3.05) is 0 Å². The topological polar surface area (TPSA) is 61.7 Å². The van der Waals surface area contributed by atoms with Gasteiger partial charge >= 0.3 is 0 Å². The monoisotopic (exact) mass is 703 g/mol. The minimum absolute atomic E-state index is 0.531. The summed E-state index contributed by atoms with van der Waals surface area (Å²) in [4.78, 5) is 15.4. The van der Waals surface area contributed by atoms with Crippen molar-refractivity contribution < 1.29 is 4.42 Å². The number of furan rings is 1. The number of fused-ring (bicyclic) bond motifs is 10. The Bertz CT molecular complexity index is 3490. The van der Waals surface area contributed by atoms with Gasteiger partial charge in [0, 0.05) is 49.9 Å². The Kier molecular flexibility index (Phi) is 6.24. The number of aromatic nitrogens is 5. The van der Waals surface area contributed by atoms with E-state index in [0.717, 1.165) is 72.1 Å². The van der Waals surface area contributed by atoms with Gasteiger partial charge < -0.3 is 8.98 Å². The maximum absolute atomic E-state index is 6.74. The van der Waals surface area contributed by atoms with E-state index >= 15 is 0 Å². The molecule has 0 saturated heterocycles. The maximum atomic E-state index is 6.74. The smallest absolute Gasteiger partial charge is 0.233 e. The SMILES string of the molecule is c1ccc(-n2c3ccccc3c3ccc(-c4nc(-n5c6ccccc6c6cc7ccccc7cc65)c5c(n4)oc4cc(-c6ccccn6)ccc45)cc32)cc1. The van der Waals surface area contributed by atoms with Gasteiger partial charge in [-0.05, 0) is 77.5 Å². The zero-order chi connectivity index (χ0) is 36.0. The Balaban J connectivity index is 1.18. The molecule has 0 spiro atoms. The zero-order valence-electron chi connectivity index (χ0n) is 29.4. The minimum Gasteiger partial charge on any atom is -0.437 e. The van der Waals surface area contributed by atoms with Gasteiger partial charge in [0.15, 0.2) is 11.6 Å². The Morgan fingerprint density at radius 3 is 1.91 bits per heavy atom. The van der Waals surface area contributed by atoms with Crippen LogP contribution in [0.25, 0.3) is 111 Å². The van der Waals surface area contributed by atoms with E-state index in [1.807, 2.05) is 24.4 Å². The van der Waals surface area contributed by atoms with Crippen LogP contribution in [0.1, 0.15) is 0 Å². The first-order valence-electron chi connectivity index (χ1n) is 18.4. The molecule has 5 aromatic heterocycles. The van der Waals surface area contributed by atoms with Crippen molar-refractivity contribution in [3.05, 3.63) is 176 Å². The molecule has 0 aliphatic rings. The van der Waals surface area contributed by atoms with Crippen LogP contribution in [-0.4, -0.2) is 24.1 Å². The van der Waals surface area contributed by atoms with Gasteiger partial charge in [-0.1, -0.05) is 103 Å². The molecule has 256 valence electrons. The Labute approximate surface area is 314 Å². The summed E-state index contributed by atoms with van der Waals surface area (Å²) in [5, 5.41) is 8.87. The summed E-state index contributed by atoms with van der Waals surface area (Å²) in [7, 11) is 0. The van der Waals surface area contributed by atoms with Gasteiger partial charge in [0.05, 0.1) is 33.1 Å². The molecule has 0 fully saturated rings. The average molecular weight is 704 g/mol. The van der Waals surface area contributed by atoms with Crippen LogP contribution in [0.5, 0.6) is 0 Å². The summed E-state index contributed by atoms with van der Waals surface area (Å²) >= 11 is 0. The lowest BCUT2D eigenvalue weighted by Gasteiger charge is -2.12. The summed E-state index contributed by atoms with van der Waals surface area (Å²) < 4.78 is 11.4. The number of para-hydroxylation sites is 3. The van der Waals surface area contributed by atoms with Gasteiger partial charge in [0.1, 0.15) is 5.58 Å². The van der Waals surface area contributed by atoms with Crippen molar-refractivity contribution >= 4 is 76.5 Å². The number of nitrogens with zero attached hydrogens (tertiary/aromatic N) is 5. The first-order valence-corrected chi connectivity index (χ1v) is 18.4. The van der Waals surface area contributed by atoms with Crippen LogP contribution in [-0.2, 0) is 0 Å². The number of hydrogen-bond acceptors (Lipinski definition) is 4. The van der Waals surface area contributed by atoms with E-state index in [0.29, 0.717) is 11.5 Å². The summed E-state index contributed by atoms with van der Waals surface area (Å²) in [5.41, 5.74) is 9.50. The Hall–Kier alpha value is -7.57. The lowest BCUT2D eigenvalue weighted by atomic mass is 10.1. The van der Waals surface area contributed by atoms with Crippen molar-refractivity contribution in [2.24, 2.45) is 0 Å². The molecule has 0 bridgehead atoms. The van der Waals surface area contributed by atoms with Crippen LogP contribution in [0.4, 0.5) is 0 Å². The molecule has 12 aromatic rings. The van der Waals surface area contributed by atoms with Gasteiger partial charge in [0.2, 0.25) is 5.71 Å². The van der Waals surface area contributed by atoms with E-state index in [1.165, 1.54) is 26.9 Å². The van der Waals surface area contributed by atoms with Crippen LogP contribution in [0.2, 0.25) is 0 Å². The molecule has 0 N–H and O–H groups in total. The van der Waals surface area contributed by atoms with Crippen LogP contribution < -0.4 is 0 Å². The second kappa shape index (κ2) is 11.5. The molecule has 0 radical (unpaired) electrons. The highest BCUT2D eigenvalue weighted by Gasteiger charge is 2.23. The van der Waals surface area contributed by atoms with Crippen LogP contribution in [0, 0.1) is 0 Å². The van der Waals surface area contributed by atoms with Crippen LogP contribution in [0.15, 0.2) is 180 Å². The van der Waals surface area contributed by atoms with E-state index < -0.39 is 0 Å². The Morgan fingerprint density at radius 1 is 0.436 bits per heavy atom. The second-order valence-corrected chi connectivity index (χ2v) is 14.1. The van der Waals surface area contributed by atoms with E-state index in [4.69, 9.17) is 14.4 Å². The summed E-state index contributed by atoms with van der Waals surface area (Å²) in [6, 6.07) is 59.6. The molecule has 7 aromatic carbocycles. The van der Waals surface area contributed by atoms with Gasteiger partial charge in [-0.3, -0.25) is 9.55 Å². The van der Waals surface area contributed by atoms with E-state index in [9.17, 15) is 0 Å². The molecular formula is C49H29N5O. The van der Waals surface area contributed by atoms with Crippen molar-refractivity contribution in [3.63, 3.8) is 0 Å². The third kappa shape index (κ3) is 4.46. The number of pyridine rings is 1. The molecule has 6 heteroatoms. The average Bonchev–Trinajstić information content (AvgIpc) is 3.90. The van der Waals surface area contributed by atoms with E-state index in [-0.39, 0.29) is 0 Å². The first kappa shape index (κ1) is 29.9. The van der Waals surface area contributed by atoms with Crippen LogP contribution >= 0.6 is 0 Å². The van der Waals surface area contributed by atoms with Gasteiger partial charge in [-0.25, -0.2) is 4.98 Å². The number of benzene rings is 7. The molecule has 12 rings (SSSR count). The predicted molar refractivity (Wildman–Crippen MR) is 224 cm³/mol. The molecule has 0 unspecified atom stereocenters. The quantitative estimate of drug-likeness (QED) is 0.183. The fourth-order valence-electron chi connectivity index (χ4n) is 8.49. The highest BCUT2D eigenvalue weighted by molar-refractivity contribution is 6.16. The van der Waals surface area contributed by atoms with Crippen molar-refractivity contribution in [1.82, 2.24) is 24.1 Å². The van der Waals surface area contributed by atoms with Crippen molar-refractivity contribution in [2.45, 2.75) is 0 Å². The normalized spacial score (nSPS) is 12.0. The van der Waals surface area contributed by atoms with Crippen LogP contribution in [0.3, 0.4) is 0 Å². The molecule has 0 aliphatic heterocycles. The number of hydrogen-bond donors (Lipinski definition) is 0. The number of rotatable bonds is 4. The minimum atomic E-state index is 0.531. The predicted octanol–water partition coefficient (Wildman–Crippen LogP) is 12.5. The fraction of sp³-hybridized carbons (Fsp3) is 0. The molecule has 55 heavy (non-hydrogen) atoms. The third-order valence-corrected chi connectivity index (χ3v) is 11.0.